The molecule has 1 aliphatic heterocycles. The van der Waals surface area contributed by atoms with Gasteiger partial charge < -0.3 is 0 Å². The Hall–Kier alpha value is -0.330. The first-order valence-corrected chi connectivity index (χ1v) is 7.06. The Bertz CT molecular complexity index is 371. The van der Waals surface area contributed by atoms with Gasteiger partial charge in [-0.1, -0.05) is 23.1 Å². The third kappa shape index (κ3) is 2.26. The fourth-order valence-electron chi connectivity index (χ4n) is 1.46. The summed E-state index contributed by atoms with van der Waals surface area (Å²) in [5.41, 5.74) is 0. The number of thioether (sulfide) groups is 1. The smallest absolute Gasteiger partial charge is 0.229 e. The standard InChI is InChI=1S/C8H10ClN3OS2/c1-14-8-11-10-7(15-8)12-4-5(3-9)2-6(12)13/h5H,2-4H2,1H3. The first-order chi connectivity index (χ1) is 7.24. The molecule has 4 nitrogen and oxygen atoms in total. The van der Waals surface area contributed by atoms with Crippen molar-refractivity contribution in [1.29, 1.82) is 0 Å². The lowest BCUT2D eigenvalue weighted by Gasteiger charge is -2.10. The normalized spacial score (nSPS) is 21.3. The van der Waals surface area contributed by atoms with E-state index >= 15 is 0 Å². The quantitative estimate of drug-likeness (QED) is 0.474. The van der Waals surface area contributed by atoms with E-state index < -0.39 is 0 Å². The minimum Gasteiger partial charge on any atom is -0.286 e. The van der Waals surface area contributed by atoms with E-state index in [2.05, 4.69) is 10.2 Å². The summed E-state index contributed by atoms with van der Waals surface area (Å²) in [6.45, 7) is 0.672. The summed E-state index contributed by atoms with van der Waals surface area (Å²) in [4.78, 5) is 13.3. The molecule has 1 atom stereocenters. The largest absolute Gasteiger partial charge is 0.286 e. The van der Waals surface area contributed by atoms with Crippen LogP contribution in [0.3, 0.4) is 0 Å². The molecule has 2 heterocycles. The van der Waals surface area contributed by atoms with E-state index in [1.54, 1.807) is 4.90 Å². The molecule has 1 amide bonds. The number of rotatable bonds is 3. The molecule has 0 N–H and O–H groups in total. The summed E-state index contributed by atoms with van der Waals surface area (Å²) in [5.74, 6) is 0.876. The van der Waals surface area contributed by atoms with Gasteiger partial charge in [-0.25, -0.2) is 0 Å². The van der Waals surface area contributed by atoms with Gasteiger partial charge in [0.15, 0.2) is 4.34 Å². The van der Waals surface area contributed by atoms with Crippen LogP contribution >= 0.6 is 34.7 Å². The fraction of sp³-hybridized carbons (Fsp3) is 0.625. The molecule has 0 saturated carbocycles. The van der Waals surface area contributed by atoms with Crippen molar-refractivity contribution in [2.45, 2.75) is 10.8 Å². The molecule has 0 radical (unpaired) electrons. The maximum atomic E-state index is 11.6. The minimum absolute atomic E-state index is 0.101. The zero-order valence-corrected chi connectivity index (χ0v) is 10.5. The van der Waals surface area contributed by atoms with Gasteiger partial charge in [0.25, 0.3) is 0 Å². The van der Waals surface area contributed by atoms with E-state index in [0.717, 1.165) is 4.34 Å². The van der Waals surface area contributed by atoms with Crippen molar-refractivity contribution >= 4 is 45.7 Å². The second-order valence-corrected chi connectivity index (χ2v) is 5.60. The molecule has 1 aromatic heterocycles. The highest BCUT2D eigenvalue weighted by molar-refractivity contribution is 8.00. The van der Waals surface area contributed by atoms with Crippen molar-refractivity contribution in [3.05, 3.63) is 0 Å². The number of aromatic nitrogens is 2. The summed E-state index contributed by atoms with van der Waals surface area (Å²) in [5, 5.41) is 8.66. The molecule has 0 spiro atoms. The molecule has 1 saturated heterocycles. The van der Waals surface area contributed by atoms with Gasteiger partial charge >= 0.3 is 0 Å². The number of nitrogens with zero attached hydrogens (tertiary/aromatic N) is 3. The monoisotopic (exact) mass is 263 g/mol. The minimum atomic E-state index is 0.101. The number of carbonyl (C=O) groups is 1. The van der Waals surface area contributed by atoms with Crippen LogP contribution in [-0.4, -0.2) is 34.8 Å². The van der Waals surface area contributed by atoms with E-state index in [1.807, 2.05) is 6.26 Å². The van der Waals surface area contributed by atoms with Crippen LogP contribution in [0.25, 0.3) is 0 Å². The van der Waals surface area contributed by atoms with Gasteiger partial charge in [0, 0.05) is 18.8 Å². The Morgan fingerprint density at radius 1 is 1.67 bits per heavy atom. The van der Waals surface area contributed by atoms with Crippen LogP contribution in [0.1, 0.15) is 6.42 Å². The van der Waals surface area contributed by atoms with E-state index in [0.29, 0.717) is 24.0 Å². The molecule has 15 heavy (non-hydrogen) atoms. The maximum Gasteiger partial charge on any atom is 0.229 e. The molecule has 7 heteroatoms. The van der Waals surface area contributed by atoms with Gasteiger partial charge in [-0.3, -0.25) is 9.69 Å². The second kappa shape index (κ2) is 4.67. The summed E-state index contributed by atoms with van der Waals surface area (Å²) < 4.78 is 0.882. The van der Waals surface area contributed by atoms with Crippen molar-refractivity contribution in [3.63, 3.8) is 0 Å². The number of amides is 1. The van der Waals surface area contributed by atoms with Gasteiger partial charge in [-0.2, -0.15) is 0 Å². The van der Waals surface area contributed by atoms with Gasteiger partial charge in [-0.15, -0.1) is 21.8 Å². The Morgan fingerprint density at radius 2 is 2.47 bits per heavy atom. The predicted octanol–water partition coefficient (Wildman–Crippen LogP) is 1.85. The molecule has 1 aliphatic rings. The van der Waals surface area contributed by atoms with Gasteiger partial charge in [0.05, 0.1) is 0 Å². The van der Waals surface area contributed by atoms with Crippen LogP contribution in [0, 0.1) is 5.92 Å². The molecule has 2 rings (SSSR count). The summed E-state index contributed by atoms with van der Waals surface area (Å²) in [6, 6.07) is 0. The SMILES string of the molecule is CSc1nnc(N2CC(CCl)CC2=O)s1. The lowest BCUT2D eigenvalue weighted by atomic mass is 10.2. The first kappa shape index (κ1) is 11.2. The van der Waals surface area contributed by atoms with Crippen LogP contribution in [0.4, 0.5) is 5.13 Å². The number of hydrogen-bond donors (Lipinski definition) is 0. The topological polar surface area (TPSA) is 46.1 Å². The molecule has 82 valence electrons. The molecule has 1 fully saturated rings. The van der Waals surface area contributed by atoms with Crippen LogP contribution in [-0.2, 0) is 4.79 Å². The predicted molar refractivity (Wildman–Crippen MR) is 62.9 cm³/mol. The Kier molecular flexibility index (Phi) is 3.48. The van der Waals surface area contributed by atoms with Crippen molar-refractivity contribution < 1.29 is 4.79 Å². The molecule has 0 aliphatic carbocycles. The fourth-order valence-corrected chi connectivity index (χ4v) is 2.96. The number of alkyl halides is 1. The molecule has 1 aromatic rings. The molecular weight excluding hydrogens is 254 g/mol. The van der Waals surface area contributed by atoms with Crippen LogP contribution in [0.5, 0.6) is 0 Å². The average Bonchev–Trinajstić information content (AvgIpc) is 2.83. The average molecular weight is 264 g/mol. The number of carbonyl (C=O) groups excluding carboxylic acids is 1. The molecule has 0 bridgehead atoms. The van der Waals surface area contributed by atoms with Crippen molar-refractivity contribution in [1.82, 2.24) is 10.2 Å². The third-order valence-corrected chi connectivity index (χ3v) is 4.58. The lowest BCUT2D eigenvalue weighted by molar-refractivity contribution is -0.117. The molecule has 1 unspecified atom stereocenters. The number of anilines is 1. The highest BCUT2D eigenvalue weighted by atomic mass is 35.5. The second-order valence-electron chi connectivity index (χ2n) is 3.28. The highest BCUT2D eigenvalue weighted by Crippen LogP contribution is 2.31. The first-order valence-electron chi connectivity index (χ1n) is 4.48. The van der Waals surface area contributed by atoms with Gasteiger partial charge in [-0.05, 0) is 12.2 Å². The van der Waals surface area contributed by atoms with Crippen molar-refractivity contribution in [2.75, 3.05) is 23.6 Å². The summed E-state index contributed by atoms with van der Waals surface area (Å²) in [6.07, 6.45) is 2.47. The van der Waals surface area contributed by atoms with Crippen molar-refractivity contribution in [3.8, 4) is 0 Å². The van der Waals surface area contributed by atoms with Crippen LogP contribution in [0.15, 0.2) is 4.34 Å². The third-order valence-electron chi connectivity index (χ3n) is 2.22. The summed E-state index contributed by atoms with van der Waals surface area (Å²) >= 11 is 8.73. The Balaban J connectivity index is 2.14. The van der Waals surface area contributed by atoms with Gasteiger partial charge in [0.1, 0.15) is 0 Å². The van der Waals surface area contributed by atoms with Crippen LogP contribution in [0.2, 0.25) is 0 Å². The van der Waals surface area contributed by atoms with E-state index in [4.69, 9.17) is 11.6 Å². The Morgan fingerprint density at radius 3 is 3.00 bits per heavy atom. The lowest BCUT2D eigenvalue weighted by Crippen LogP contribution is -2.24. The number of hydrogen-bond acceptors (Lipinski definition) is 5. The van der Waals surface area contributed by atoms with E-state index in [9.17, 15) is 4.79 Å². The maximum absolute atomic E-state index is 11.6. The highest BCUT2D eigenvalue weighted by Gasteiger charge is 2.31. The number of halogens is 1. The van der Waals surface area contributed by atoms with E-state index in [1.165, 1.54) is 23.1 Å². The van der Waals surface area contributed by atoms with Crippen molar-refractivity contribution in [2.24, 2.45) is 5.92 Å². The molecule has 0 aromatic carbocycles. The zero-order chi connectivity index (χ0) is 10.8. The Labute approximate surface area is 101 Å². The summed E-state index contributed by atoms with van der Waals surface area (Å²) in [7, 11) is 0. The van der Waals surface area contributed by atoms with Crippen LogP contribution < -0.4 is 4.90 Å². The van der Waals surface area contributed by atoms with Gasteiger partial charge in [0.2, 0.25) is 11.0 Å². The molecular formula is C8H10ClN3OS2. The zero-order valence-electron chi connectivity index (χ0n) is 8.14. The van der Waals surface area contributed by atoms with E-state index in [-0.39, 0.29) is 11.8 Å².